The number of benzene rings is 2. The van der Waals surface area contributed by atoms with Gasteiger partial charge >= 0.3 is 6.09 Å². The van der Waals surface area contributed by atoms with Gasteiger partial charge in [-0.15, -0.1) is 11.6 Å². The Hall–Kier alpha value is -2.50. The second kappa shape index (κ2) is 12.1. The second-order valence-corrected chi connectivity index (χ2v) is 9.63. The van der Waals surface area contributed by atoms with Crippen molar-refractivity contribution in [1.82, 2.24) is 10.2 Å². The van der Waals surface area contributed by atoms with Gasteiger partial charge in [-0.2, -0.15) is 5.26 Å². The van der Waals surface area contributed by atoms with Gasteiger partial charge in [-0.3, -0.25) is 14.5 Å². The summed E-state index contributed by atoms with van der Waals surface area (Å²) in [7, 11) is 0. The maximum Gasteiger partial charge on any atom is 0.407 e. The molecule has 0 heterocycles. The van der Waals surface area contributed by atoms with Gasteiger partial charge in [0.05, 0.1) is 17.7 Å². The van der Waals surface area contributed by atoms with Crippen molar-refractivity contribution in [2.24, 2.45) is 0 Å². The van der Waals surface area contributed by atoms with Gasteiger partial charge in [0.25, 0.3) is 5.91 Å². The zero-order chi connectivity index (χ0) is 24.6. The largest absolute Gasteiger partial charge is 0.445 e. The van der Waals surface area contributed by atoms with Gasteiger partial charge in [-0.1, -0.05) is 59.1 Å². The van der Waals surface area contributed by atoms with Crippen LogP contribution in [0, 0.1) is 11.3 Å². The van der Waals surface area contributed by atoms with Crippen LogP contribution in [0.3, 0.4) is 0 Å². The number of nitrogens with one attached hydrogen (secondary N) is 1. The number of carbonyl (C=O) groups excluding carboxylic acids is 3. The van der Waals surface area contributed by atoms with Crippen molar-refractivity contribution in [3.05, 3.63) is 70.8 Å². The Morgan fingerprint density at radius 1 is 1.09 bits per heavy atom. The van der Waals surface area contributed by atoms with Crippen molar-refractivity contribution < 1.29 is 19.1 Å². The minimum Gasteiger partial charge on any atom is -0.445 e. The first-order chi connectivity index (χ1) is 15.6. The minimum absolute atomic E-state index is 0.166. The molecule has 33 heavy (non-hydrogen) atoms. The molecule has 11 heteroatoms. The molecule has 0 aliphatic carbocycles. The fraction of sp³-hybridized carbons (Fsp3) is 0.273. The summed E-state index contributed by atoms with van der Waals surface area (Å²) in [6.07, 6.45) is -0.891. The van der Waals surface area contributed by atoms with Crippen molar-refractivity contribution in [1.29, 1.82) is 5.26 Å². The van der Waals surface area contributed by atoms with Crippen LogP contribution in [0.2, 0.25) is 0 Å². The third kappa shape index (κ3) is 8.09. The van der Waals surface area contributed by atoms with Gasteiger partial charge in [0, 0.05) is 24.9 Å². The molecule has 0 saturated heterocycles. The summed E-state index contributed by atoms with van der Waals surface area (Å²) >= 11 is 22.6. The van der Waals surface area contributed by atoms with E-state index < -0.39 is 34.3 Å². The molecular formula is C22H19Cl4N3O4. The average molecular weight is 531 g/mol. The number of hydrogen-bond donors (Lipinski definition) is 1. The summed E-state index contributed by atoms with van der Waals surface area (Å²) in [6, 6.07) is 13.9. The highest BCUT2D eigenvalue weighted by atomic mass is 35.6. The molecule has 2 aromatic rings. The summed E-state index contributed by atoms with van der Waals surface area (Å²) in [5.74, 6) is -0.866. The summed E-state index contributed by atoms with van der Waals surface area (Å²) in [6.45, 7) is 0.586. The van der Waals surface area contributed by atoms with E-state index in [1.807, 2.05) is 6.07 Å². The van der Waals surface area contributed by atoms with Crippen molar-refractivity contribution in [2.75, 3.05) is 13.2 Å². The van der Waals surface area contributed by atoms with E-state index in [0.29, 0.717) is 11.1 Å². The topological polar surface area (TPSA) is 99.5 Å². The quantitative estimate of drug-likeness (QED) is 0.500. The number of carbonyl (C=O) groups is 3. The maximum atomic E-state index is 13.2. The van der Waals surface area contributed by atoms with Crippen LogP contribution in [-0.2, 0) is 15.4 Å². The number of amides is 3. The Kier molecular flexibility index (Phi) is 9.81. The van der Waals surface area contributed by atoms with Gasteiger partial charge in [-0.25, -0.2) is 4.79 Å². The molecule has 1 atom stereocenters. The van der Waals surface area contributed by atoms with E-state index in [-0.39, 0.29) is 18.0 Å². The molecule has 0 fully saturated rings. The molecule has 174 valence electrons. The molecule has 0 spiro atoms. The maximum absolute atomic E-state index is 13.2. The Labute approximate surface area is 211 Å². The van der Waals surface area contributed by atoms with E-state index in [1.165, 1.54) is 31.2 Å². The van der Waals surface area contributed by atoms with Crippen LogP contribution in [0.15, 0.2) is 48.5 Å². The molecule has 0 bridgehead atoms. The van der Waals surface area contributed by atoms with Crippen molar-refractivity contribution in [3.63, 3.8) is 0 Å². The Morgan fingerprint density at radius 2 is 1.70 bits per heavy atom. The van der Waals surface area contributed by atoms with Crippen LogP contribution in [0.25, 0.3) is 0 Å². The molecule has 2 rings (SSSR count). The normalized spacial score (nSPS) is 11.8. The lowest BCUT2D eigenvalue weighted by molar-refractivity contribution is -0.128. The Morgan fingerprint density at radius 3 is 2.18 bits per heavy atom. The molecule has 7 nitrogen and oxygen atoms in total. The number of halogens is 4. The summed E-state index contributed by atoms with van der Waals surface area (Å²) < 4.78 is 3.07. The Bertz CT molecular complexity index is 1030. The van der Waals surface area contributed by atoms with Gasteiger partial charge < -0.3 is 10.1 Å². The zero-order valence-electron chi connectivity index (χ0n) is 17.4. The van der Waals surface area contributed by atoms with Gasteiger partial charge in [-0.05, 0) is 35.4 Å². The summed E-state index contributed by atoms with van der Waals surface area (Å²) in [4.78, 5) is 38.9. The number of imide groups is 1. The lowest BCUT2D eigenvalue weighted by Crippen LogP contribution is -2.44. The van der Waals surface area contributed by atoms with E-state index >= 15 is 0 Å². The lowest BCUT2D eigenvalue weighted by Gasteiger charge is -2.30. The van der Waals surface area contributed by atoms with E-state index in [9.17, 15) is 14.4 Å². The standard InChI is InChI=1S/C22H19Cl4N3O4/c1-14(30)29(20(31)18-8-4-16(11-27)5-9-18)19(17-6-2-15(10-23)3-7-17)12-28-21(32)33-13-22(24,25)26/h2-9,19H,10,12-13H2,1H3,(H,28,32). The van der Waals surface area contributed by atoms with Crippen LogP contribution in [0.5, 0.6) is 0 Å². The lowest BCUT2D eigenvalue weighted by atomic mass is 10.0. The SMILES string of the molecule is CC(=O)N(C(=O)c1ccc(C#N)cc1)C(CNC(=O)OCC(Cl)(Cl)Cl)c1ccc(CCl)cc1. The molecule has 0 radical (unpaired) electrons. The molecule has 0 aromatic heterocycles. The predicted octanol–water partition coefficient (Wildman–Crippen LogP) is 5.12. The molecule has 1 unspecified atom stereocenters. The number of alkyl carbamates (subject to hydrolysis) is 1. The highest BCUT2D eigenvalue weighted by molar-refractivity contribution is 6.67. The first kappa shape index (κ1) is 26.7. The second-order valence-electron chi connectivity index (χ2n) is 6.85. The van der Waals surface area contributed by atoms with Crippen LogP contribution >= 0.6 is 46.4 Å². The number of nitrogens with zero attached hydrogens (tertiary/aromatic N) is 2. The first-order valence-electron chi connectivity index (χ1n) is 9.52. The molecule has 0 aliphatic rings. The molecule has 0 aliphatic heterocycles. The fourth-order valence-corrected chi connectivity index (χ4v) is 3.24. The highest BCUT2D eigenvalue weighted by Crippen LogP contribution is 2.26. The highest BCUT2D eigenvalue weighted by Gasteiger charge is 2.31. The van der Waals surface area contributed by atoms with Gasteiger partial charge in [0.15, 0.2) is 0 Å². The Balaban J connectivity index is 2.34. The molecular weight excluding hydrogens is 512 g/mol. The molecule has 1 N–H and O–H groups in total. The summed E-state index contributed by atoms with van der Waals surface area (Å²) in [5, 5.41) is 11.5. The zero-order valence-corrected chi connectivity index (χ0v) is 20.4. The van der Waals surface area contributed by atoms with Gasteiger partial charge in [0.2, 0.25) is 9.70 Å². The van der Waals surface area contributed by atoms with Crippen LogP contribution in [0.4, 0.5) is 4.79 Å². The van der Waals surface area contributed by atoms with Crippen molar-refractivity contribution in [3.8, 4) is 6.07 Å². The van der Waals surface area contributed by atoms with E-state index in [0.717, 1.165) is 10.5 Å². The van der Waals surface area contributed by atoms with Crippen molar-refractivity contribution >= 4 is 64.3 Å². The van der Waals surface area contributed by atoms with Crippen LogP contribution in [-0.4, -0.2) is 39.8 Å². The van der Waals surface area contributed by atoms with E-state index in [1.54, 1.807) is 24.3 Å². The average Bonchev–Trinajstić information content (AvgIpc) is 2.79. The number of hydrogen-bond acceptors (Lipinski definition) is 5. The predicted molar refractivity (Wildman–Crippen MR) is 126 cm³/mol. The number of alkyl halides is 4. The molecule has 3 amide bonds. The monoisotopic (exact) mass is 529 g/mol. The third-order valence-electron chi connectivity index (χ3n) is 4.46. The molecule has 0 saturated carbocycles. The number of rotatable bonds is 7. The number of nitriles is 1. The third-order valence-corrected chi connectivity index (χ3v) is 5.09. The fourth-order valence-electron chi connectivity index (χ4n) is 2.90. The van der Waals surface area contributed by atoms with Crippen LogP contribution < -0.4 is 5.32 Å². The smallest absolute Gasteiger partial charge is 0.407 e. The minimum atomic E-state index is -1.79. The van der Waals surface area contributed by atoms with Crippen LogP contribution in [0.1, 0.15) is 40.0 Å². The molecule has 2 aromatic carbocycles. The number of ether oxygens (including phenoxy) is 1. The van der Waals surface area contributed by atoms with Gasteiger partial charge in [0.1, 0.15) is 6.61 Å². The summed E-state index contributed by atoms with van der Waals surface area (Å²) in [5.41, 5.74) is 1.97. The van der Waals surface area contributed by atoms with Crippen molar-refractivity contribution in [2.45, 2.75) is 22.6 Å². The van der Waals surface area contributed by atoms with E-state index in [2.05, 4.69) is 5.32 Å². The van der Waals surface area contributed by atoms with E-state index in [4.69, 9.17) is 56.4 Å². The first-order valence-corrected chi connectivity index (χ1v) is 11.2.